The first-order chi connectivity index (χ1) is 28.2. The van der Waals surface area contributed by atoms with Gasteiger partial charge in [0.15, 0.2) is 6.10 Å². The van der Waals surface area contributed by atoms with E-state index < -0.39 is 35.5 Å². The molecular formula is C42H44F3N7O7. The summed E-state index contributed by atoms with van der Waals surface area (Å²) in [5.41, 5.74) is 0.214. The Morgan fingerprint density at radius 3 is 2.41 bits per heavy atom. The molecule has 6 heterocycles. The molecule has 1 saturated carbocycles. The Bertz CT molecular complexity index is 2300. The van der Waals surface area contributed by atoms with E-state index in [-0.39, 0.29) is 53.3 Å². The summed E-state index contributed by atoms with van der Waals surface area (Å²) in [6, 6.07) is 11.5. The van der Waals surface area contributed by atoms with Gasteiger partial charge in [0.1, 0.15) is 34.2 Å². The maximum atomic E-state index is 13.7. The fraction of sp³-hybridized carbons (Fsp3) is 0.452. The van der Waals surface area contributed by atoms with Crippen molar-refractivity contribution in [3.63, 3.8) is 0 Å². The summed E-state index contributed by atoms with van der Waals surface area (Å²) in [6.07, 6.45) is 2.56. The third kappa shape index (κ3) is 8.19. The molecule has 0 bridgehead atoms. The second-order valence-corrected chi connectivity index (χ2v) is 16.1. The van der Waals surface area contributed by atoms with Gasteiger partial charge >= 0.3 is 6.18 Å². The smallest absolute Gasteiger partial charge is 0.433 e. The summed E-state index contributed by atoms with van der Waals surface area (Å²) in [5.74, 6) is -0.973. The minimum absolute atomic E-state index is 0.0669. The molecule has 3 saturated heterocycles. The number of nitrogens with zero attached hydrogens (tertiary/aromatic N) is 5. The van der Waals surface area contributed by atoms with Crippen molar-refractivity contribution in [3.8, 4) is 11.5 Å². The van der Waals surface area contributed by atoms with Crippen LogP contribution >= 0.6 is 0 Å². The van der Waals surface area contributed by atoms with Crippen LogP contribution in [0.15, 0.2) is 60.9 Å². The molecule has 3 aliphatic heterocycles. The first-order valence-electron chi connectivity index (χ1n) is 19.9. The molecule has 0 radical (unpaired) electrons. The molecule has 1 atom stereocenters. The van der Waals surface area contributed by atoms with Gasteiger partial charge in [0, 0.05) is 73.9 Å². The number of halogens is 3. The van der Waals surface area contributed by atoms with E-state index in [9.17, 15) is 37.1 Å². The number of hydrogen-bond acceptors (Lipinski definition) is 9. The third-order valence-corrected chi connectivity index (χ3v) is 11.7. The van der Waals surface area contributed by atoms with Crippen LogP contribution in [0.25, 0.3) is 5.65 Å². The molecular weight excluding hydrogens is 771 g/mol. The molecule has 3 aromatic heterocycles. The number of carbonyl (C=O) groups excluding carboxylic acids is 5. The van der Waals surface area contributed by atoms with Crippen molar-refractivity contribution in [2.24, 2.45) is 5.92 Å². The molecule has 310 valence electrons. The quantitative estimate of drug-likeness (QED) is 0.200. The molecule has 4 fully saturated rings. The summed E-state index contributed by atoms with van der Waals surface area (Å²) in [6.45, 7) is 5.36. The number of alkyl halides is 3. The number of benzene rings is 1. The maximum Gasteiger partial charge on any atom is 0.433 e. The second-order valence-electron chi connectivity index (χ2n) is 16.1. The molecule has 1 aliphatic carbocycles. The molecule has 2 N–H and O–H groups in total. The number of carbonyl (C=O) groups is 5. The van der Waals surface area contributed by atoms with Crippen LogP contribution in [0.4, 0.5) is 18.9 Å². The number of hydrogen-bond donors (Lipinski definition) is 2. The zero-order valence-electron chi connectivity index (χ0n) is 32.6. The number of aromatic nitrogens is 3. The van der Waals surface area contributed by atoms with E-state index in [1.54, 1.807) is 40.9 Å². The van der Waals surface area contributed by atoms with Crippen LogP contribution in [-0.4, -0.2) is 91.1 Å². The Kier molecular flexibility index (Phi) is 10.6. The number of pyridine rings is 2. The topological polar surface area (TPSA) is 165 Å². The van der Waals surface area contributed by atoms with Crippen molar-refractivity contribution < 1.29 is 46.6 Å². The highest BCUT2D eigenvalue weighted by Crippen LogP contribution is 2.50. The number of imide groups is 1. The predicted molar refractivity (Wildman–Crippen MR) is 206 cm³/mol. The molecule has 4 aromatic rings. The number of likely N-dealkylation sites (tertiary alicyclic amines) is 2. The molecule has 14 nitrogen and oxygen atoms in total. The predicted octanol–water partition coefficient (Wildman–Crippen LogP) is 5.76. The highest BCUT2D eigenvalue weighted by molar-refractivity contribution is 6.04. The lowest BCUT2D eigenvalue weighted by molar-refractivity contribution is -0.144. The summed E-state index contributed by atoms with van der Waals surface area (Å²) in [5, 5.41) is 4.93. The SMILES string of the molecule is CC(C)Oc1cc2nc(C3CCN(C(=O)C4CC5(CCCN5C(=O)c5ccc(OC6CCC(=O)NC6=O)cc5)C4)CC3)cn2cc1NC(=O)c1cccc(C(F)(F)F)n1. The van der Waals surface area contributed by atoms with Crippen LogP contribution in [-0.2, 0) is 20.6 Å². The number of rotatable bonds is 9. The van der Waals surface area contributed by atoms with Crippen LogP contribution in [0.5, 0.6) is 11.5 Å². The Labute approximate surface area is 337 Å². The zero-order valence-corrected chi connectivity index (χ0v) is 32.6. The van der Waals surface area contributed by atoms with Crippen LogP contribution in [0.3, 0.4) is 0 Å². The van der Waals surface area contributed by atoms with E-state index in [0.29, 0.717) is 74.4 Å². The Morgan fingerprint density at radius 2 is 1.71 bits per heavy atom. The van der Waals surface area contributed by atoms with Crippen molar-refractivity contribution in [2.75, 3.05) is 25.0 Å². The number of anilines is 1. The van der Waals surface area contributed by atoms with Gasteiger partial charge in [-0.05, 0) is 88.8 Å². The van der Waals surface area contributed by atoms with Gasteiger partial charge in [-0.3, -0.25) is 29.3 Å². The second kappa shape index (κ2) is 15.6. The van der Waals surface area contributed by atoms with Gasteiger partial charge in [-0.25, -0.2) is 9.97 Å². The summed E-state index contributed by atoms with van der Waals surface area (Å²) < 4.78 is 53.2. The van der Waals surface area contributed by atoms with Crippen molar-refractivity contribution in [1.29, 1.82) is 0 Å². The van der Waals surface area contributed by atoms with Crippen molar-refractivity contribution >= 4 is 40.9 Å². The number of fused-ring (bicyclic) bond motifs is 1. The molecule has 59 heavy (non-hydrogen) atoms. The number of ether oxygens (including phenoxy) is 2. The van der Waals surface area contributed by atoms with E-state index >= 15 is 0 Å². The average Bonchev–Trinajstić information content (AvgIpc) is 3.83. The van der Waals surface area contributed by atoms with E-state index in [1.165, 1.54) is 6.07 Å². The molecule has 8 rings (SSSR count). The van der Waals surface area contributed by atoms with E-state index in [0.717, 1.165) is 30.7 Å². The lowest BCUT2D eigenvalue weighted by atomic mass is 9.66. The summed E-state index contributed by atoms with van der Waals surface area (Å²) in [7, 11) is 0. The fourth-order valence-corrected chi connectivity index (χ4v) is 8.73. The molecule has 1 spiro atoms. The standard InChI is InChI=1S/C42H44F3N7O7/c1-24(2)58-33-19-35-47-30(22-51(35)23-31(33)48-37(54)29-5-3-6-34(46-29)42(43,44)45)25-13-17-50(18-14-25)39(56)27-20-41(21-27)15-4-16-52(41)40(57)26-7-9-28(10-8-26)59-32-11-12-36(53)49-38(32)55/h3,5-10,19,22-25,27,32H,4,11-18,20-21H2,1-2H3,(H,48,54)(H,49,53,55). The van der Waals surface area contributed by atoms with Crippen LogP contribution < -0.4 is 20.1 Å². The van der Waals surface area contributed by atoms with E-state index in [2.05, 4.69) is 15.6 Å². The van der Waals surface area contributed by atoms with Crippen molar-refractivity contribution in [1.82, 2.24) is 29.5 Å². The van der Waals surface area contributed by atoms with Gasteiger partial charge in [0.2, 0.25) is 11.8 Å². The molecule has 1 aromatic carbocycles. The summed E-state index contributed by atoms with van der Waals surface area (Å²) in [4.78, 5) is 76.2. The van der Waals surface area contributed by atoms with Crippen LogP contribution in [0.2, 0.25) is 0 Å². The van der Waals surface area contributed by atoms with Gasteiger partial charge in [-0.15, -0.1) is 0 Å². The van der Waals surface area contributed by atoms with Crippen LogP contribution in [0, 0.1) is 5.92 Å². The molecule has 5 amide bonds. The van der Waals surface area contributed by atoms with Gasteiger partial charge < -0.3 is 29.0 Å². The minimum Gasteiger partial charge on any atom is -0.489 e. The minimum atomic E-state index is -4.70. The first kappa shape index (κ1) is 39.8. The van der Waals surface area contributed by atoms with E-state index in [1.807, 2.05) is 29.8 Å². The van der Waals surface area contributed by atoms with Crippen LogP contribution in [0.1, 0.15) is 103 Å². The fourth-order valence-electron chi connectivity index (χ4n) is 8.73. The average molecular weight is 816 g/mol. The zero-order chi connectivity index (χ0) is 41.6. The normalized spacial score (nSPS) is 22.4. The lowest BCUT2D eigenvalue weighted by Gasteiger charge is -2.51. The highest BCUT2D eigenvalue weighted by Gasteiger charge is 2.55. The Morgan fingerprint density at radius 1 is 0.966 bits per heavy atom. The highest BCUT2D eigenvalue weighted by atomic mass is 19.4. The van der Waals surface area contributed by atoms with Crippen molar-refractivity contribution in [2.45, 2.75) is 95.1 Å². The summed E-state index contributed by atoms with van der Waals surface area (Å²) >= 11 is 0. The van der Waals surface area contributed by atoms with Gasteiger partial charge in [0.05, 0.1) is 11.8 Å². The van der Waals surface area contributed by atoms with Crippen molar-refractivity contribution in [3.05, 3.63) is 83.6 Å². The number of amides is 5. The molecule has 4 aliphatic rings. The number of imidazole rings is 1. The Hall–Kier alpha value is -6.00. The molecule has 17 heteroatoms. The molecule has 1 unspecified atom stereocenters. The maximum absolute atomic E-state index is 13.7. The first-order valence-corrected chi connectivity index (χ1v) is 19.9. The lowest BCUT2D eigenvalue weighted by Crippen LogP contribution is -2.59. The largest absolute Gasteiger partial charge is 0.489 e. The van der Waals surface area contributed by atoms with Gasteiger partial charge in [-0.2, -0.15) is 13.2 Å². The number of nitrogens with one attached hydrogen (secondary N) is 2. The van der Waals surface area contributed by atoms with Gasteiger partial charge in [0.25, 0.3) is 17.7 Å². The monoisotopic (exact) mass is 815 g/mol. The van der Waals surface area contributed by atoms with E-state index in [4.69, 9.17) is 14.5 Å². The Balaban J connectivity index is 0.869. The van der Waals surface area contributed by atoms with Gasteiger partial charge in [-0.1, -0.05) is 6.07 Å². The third-order valence-electron chi connectivity index (χ3n) is 11.7. The number of piperidine rings is 2.